The lowest BCUT2D eigenvalue weighted by Gasteiger charge is -2.43. The van der Waals surface area contributed by atoms with E-state index in [1.807, 2.05) is 28.8 Å². The number of nitrogens with zero attached hydrogens (tertiary/aromatic N) is 3. The van der Waals surface area contributed by atoms with Gasteiger partial charge < -0.3 is 14.5 Å². The van der Waals surface area contributed by atoms with Crippen LogP contribution in [0.15, 0.2) is 59.8 Å². The number of carbonyl (C=O) groups is 2. The Morgan fingerprint density at radius 2 is 2.07 bits per heavy atom. The minimum atomic E-state index is -1.46. The number of carbonyl (C=O) groups excluding carboxylic acids is 2. The molecule has 6 atom stereocenters. The van der Waals surface area contributed by atoms with Crippen LogP contribution in [0, 0.1) is 17.8 Å². The first kappa shape index (κ1) is 25.5. The van der Waals surface area contributed by atoms with Gasteiger partial charge in [0, 0.05) is 64.9 Å². The van der Waals surface area contributed by atoms with Crippen LogP contribution >= 0.6 is 23.2 Å². The summed E-state index contributed by atoms with van der Waals surface area (Å²) < 4.78 is 23.1. The number of imidazole rings is 1. The van der Waals surface area contributed by atoms with E-state index in [4.69, 9.17) is 32.9 Å². The largest absolute Gasteiger partial charge is 0.465 e. The van der Waals surface area contributed by atoms with Crippen LogP contribution in [0.4, 0.5) is 10.1 Å². The van der Waals surface area contributed by atoms with Crippen molar-refractivity contribution in [2.75, 3.05) is 19.0 Å². The summed E-state index contributed by atoms with van der Waals surface area (Å²) >= 11 is 12.8. The number of esters is 1. The van der Waals surface area contributed by atoms with Gasteiger partial charge in [-0.2, -0.15) is 0 Å². The molecule has 4 heterocycles. The lowest BCUT2D eigenvalue weighted by atomic mass is 9.66. The van der Waals surface area contributed by atoms with Crippen LogP contribution in [0.25, 0.3) is 5.65 Å². The number of methoxy groups -OCH3 is 1. The third-order valence-corrected chi connectivity index (χ3v) is 10.3. The fourth-order valence-corrected chi connectivity index (χ4v) is 8.39. The van der Waals surface area contributed by atoms with Crippen LogP contribution in [0.3, 0.4) is 0 Å². The Bertz CT molecular complexity index is 1710. The van der Waals surface area contributed by atoms with Crippen LogP contribution in [-0.4, -0.2) is 52.0 Å². The van der Waals surface area contributed by atoms with Gasteiger partial charge in [-0.15, -0.1) is 0 Å². The van der Waals surface area contributed by atoms with Crippen molar-refractivity contribution in [3.05, 3.63) is 87.3 Å². The number of amides is 1. The number of benzene rings is 1. The zero-order valence-electron chi connectivity index (χ0n) is 22.2. The molecule has 2 aliphatic heterocycles. The van der Waals surface area contributed by atoms with Gasteiger partial charge in [0.05, 0.1) is 23.4 Å². The molecule has 1 aromatic carbocycles. The summed E-state index contributed by atoms with van der Waals surface area (Å²) in [5, 5.41) is 3.78. The number of anilines is 1. The lowest BCUT2D eigenvalue weighted by Crippen LogP contribution is -2.55. The Labute approximate surface area is 246 Å². The topological polar surface area (TPSA) is 75.9 Å². The summed E-state index contributed by atoms with van der Waals surface area (Å²) in [5.74, 6) is -1.50. The summed E-state index contributed by atoms with van der Waals surface area (Å²) in [7, 11) is 1.35. The van der Waals surface area contributed by atoms with Crippen molar-refractivity contribution in [3.63, 3.8) is 0 Å². The Hall–Kier alpha value is -3.20. The third kappa shape index (κ3) is 3.44. The molecule has 8 rings (SSSR count). The number of ether oxygens (including phenoxy) is 1. The molecule has 0 radical (unpaired) electrons. The van der Waals surface area contributed by atoms with Crippen LogP contribution in [0.5, 0.6) is 0 Å². The molecule has 1 N–H and O–H groups in total. The number of aromatic nitrogens is 2. The molecule has 1 spiro atoms. The summed E-state index contributed by atoms with van der Waals surface area (Å²) in [6.07, 6.45) is 8.52. The lowest BCUT2D eigenvalue weighted by molar-refractivity contribution is -0.130. The van der Waals surface area contributed by atoms with E-state index in [1.165, 1.54) is 7.11 Å². The van der Waals surface area contributed by atoms with E-state index in [0.29, 0.717) is 34.3 Å². The predicted octanol–water partition coefficient (Wildman–Crippen LogP) is 5.62. The number of likely N-dealkylation sites (tertiary alicyclic amines) is 1. The number of hydrogen-bond acceptors (Lipinski definition) is 5. The smallest absolute Gasteiger partial charge is 0.338 e. The van der Waals surface area contributed by atoms with Gasteiger partial charge in [0.2, 0.25) is 5.91 Å². The van der Waals surface area contributed by atoms with Crippen molar-refractivity contribution >= 4 is 46.4 Å². The van der Waals surface area contributed by atoms with Gasteiger partial charge in [0.1, 0.15) is 17.4 Å². The maximum absolute atomic E-state index is 16.2. The monoisotopic (exact) mass is 592 g/mol. The highest BCUT2D eigenvalue weighted by atomic mass is 35.5. The minimum absolute atomic E-state index is 0.0621. The first-order valence-electron chi connectivity index (χ1n) is 14.0. The van der Waals surface area contributed by atoms with E-state index < -0.39 is 29.5 Å². The number of allylic oxidation sites excluding steroid dienone is 4. The normalized spacial score (nSPS) is 31.8. The summed E-state index contributed by atoms with van der Waals surface area (Å²) in [4.78, 5) is 34.1. The Morgan fingerprint density at radius 1 is 1.24 bits per heavy atom. The van der Waals surface area contributed by atoms with Crippen molar-refractivity contribution in [2.24, 2.45) is 17.8 Å². The SMILES string of the molecule is COC(=O)c1ccn2c3c(nc2c1)[C@@H]1[C@H](C3)N(CC2CC2)[C@@]2(C(=O)Nc3cc(Cl)ccc32)[C@H]1C1C=CC=C(Cl)C1F. The van der Waals surface area contributed by atoms with Crippen molar-refractivity contribution in [1.29, 1.82) is 0 Å². The molecule has 3 aliphatic carbocycles. The molecule has 210 valence electrons. The highest BCUT2D eigenvalue weighted by Crippen LogP contribution is 2.65. The second-order valence-corrected chi connectivity index (χ2v) is 12.7. The van der Waals surface area contributed by atoms with Gasteiger partial charge >= 0.3 is 5.97 Å². The van der Waals surface area contributed by atoms with E-state index >= 15 is 4.39 Å². The fourth-order valence-electron chi connectivity index (χ4n) is 8.00. The van der Waals surface area contributed by atoms with Crippen molar-refractivity contribution < 1.29 is 18.7 Å². The molecule has 10 heteroatoms. The number of nitrogens with one attached hydrogen (secondary N) is 1. The maximum Gasteiger partial charge on any atom is 0.338 e. The molecule has 1 saturated carbocycles. The molecule has 3 aromatic rings. The predicted molar refractivity (Wildman–Crippen MR) is 153 cm³/mol. The van der Waals surface area contributed by atoms with Crippen molar-refractivity contribution in [2.45, 2.75) is 42.9 Å². The average molecular weight is 593 g/mol. The molecule has 1 saturated heterocycles. The van der Waals surface area contributed by atoms with Crippen LogP contribution < -0.4 is 5.32 Å². The molecule has 7 nitrogen and oxygen atoms in total. The first-order valence-corrected chi connectivity index (χ1v) is 14.7. The van der Waals surface area contributed by atoms with Crippen LogP contribution in [0.2, 0.25) is 5.02 Å². The number of halogens is 3. The van der Waals surface area contributed by atoms with E-state index in [9.17, 15) is 9.59 Å². The van der Waals surface area contributed by atoms with E-state index in [0.717, 1.165) is 36.3 Å². The second kappa shape index (κ2) is 8.90. The summed E-state index contributed by atoms with van der Waals surface area (Å²) in [6.45, 7) is 0.740. The molecule has 5 aliphatic rings. The first-order chi connectivity index (χ1) is 19.8. The Kier molecular flexibility index (Phi) is 5.54. The highest BCUT2D eigenvalue weighted by molar-refractivity contribution is 6.31. The van der Waals surface area contributed by atoms with Gasteiger partial charge in [-0.3, -0.25) is 9.69 Å². The zero-order valence-corrected chi connectivity index (χ0v) is 23.7. The van der Waals surface area contributed by atoms with Crippen molar-refractivity contribution in [1.82, 2.24) is 14.3 Å². The number of fused-ring (bicyclic) bond motifs is 7. The average Bonchev–Trinajstić information content (AvgIpc) is 3.41. The van der Waals surface area contributed by atoms with Gasteiger partial charge in [-0.1, -0.05) is 41.4 Å². The molecular weight excluding hydrogens is 566 g/mol. The number of pyridine rings is 1. The molecule has 2 fully saturated rings. The minimum Gasteiger partial charge on any atom is -0.465 e. The second-order valence-electron chi connectivity index (χ2n) is 11.8. The van der Waals surface area contributed by atoms with Gasteiger partial charge in [-0.25, -0.2) is 14.2 Å². The van der Waals surface area contributed by atoms with E-state index in [1.54, 1.807) is 30.4 Å². The standard InChI is InChI=1S/C31H27Cl2FN4O3/c1-41-29(39)16-9-10-37-23-13-22-25(28(23)36-24(37)11-16)26(18-3-2-4-20(33)27(18)34)31(38(22)14-15-5-6-15)19-8-7-17(32)12-21(19)35-30(31)40/h2-4,7-12,15,18,22,25-27H,5-6,13-14H2,1H3,(H,35,40)/t18?,22-,25+,26-,27?,31+/m0/s1. The summed E-state index contributed by atoms with van der Waals surface area (Å²) in [5.41, 5.74) is 3.30. The van der Waals surface area contributed by atoms with Gasteiger partial charge in [0.25, 0.3) is 0 Å². The van der Waals surface area contributed by atoms with Crippen LogP contribution in [0.1, 0.15) is 46.1 Å². The molecule has 2 aromatic heterocycles. The Morgan fingerprint density at radius 3 is 2.85 bits per heavy atom. The van der Waals surface area contributed by atoms with Crippen molar-refractivity contribution in [3.8, 4) is 0 Å². The van der Waals surface area contributed by atoms with Gasteiger partial charge in [-0.05, 0) is 49.1 Å². The summed E-state index contributed by atoms with van der Waals surface area (Å²) in [6, 6.07) is 8.90. The van der Waals surface area contributed by atoms with Crippen LogP contribution in [-0.2, 0) is 21.5 Å². The fraction of sp³-hybridized carbons (Fsp3) is 0.387. The number of rotatable bonds is 4. The molecule has 0 bridgehead atoms. The molecule has 1 amide bonds. The van der Waals surface area contributed by atoms with E-state index in [-0.39, 0.29) is 22.9 Å². The highest BCUT2D eigenvalue weighted by Gasteiger charge is 2.71. The number of hydrogen-bond donors (Lipinski definition) is 1. The van der Waals surface area contributed by atoms with Gasteiger partial charge in [0.15, 0.2) is 0 Å². The quantitative estimate of drug-likeness (QED) is 0.398. The Balaban J connectivity index is 1.36. The third-order valence-electron chi connectivity index (χ3n) is 9.78. The molecule has 41 heavy (non-hydrogen) atoms. The van der Waals surface area contributed by atoms with E-state index in [2.05, 4.69) is 10.2 Å². The molecule has 2 unspecified atom stereocenters. The zero-order chi connectivity index (χ0) is 28.2. The maximum atomic E-state index is 16.2. The molecular formula is C31H27Cl2FN4O3. The number of alkyl halides is 1.